The molecule has 1 aromatic carbocycles. The summed E-state index contributed by atoms with van der Waals surface area (Å²) < 4.78 is 0. The standard InChI is InChI=1S/C16H17NO3S/c1-10-7-11(3-5-14(10)16(20)17-2)12-8-13(21-9-12)4-6-15(18)19/h3,5,7-9H,4,6H2,1-2H3,(H,17,20)(H,18,19). The van der Waals surface area contributed by atoms with E-state index in [1.54, 1.807) is 18.4 Å². The predicted molar refractivity (Wildman–Crippen MR) is 83.8 cm³/mol. The Kier molecular flexibility index (Phi) is 4.75. The molecule has 21 heavy (non-hydrogen) atoms. The van der Waals surface area contributed by atoms with Crippen molar-refractivity contribution < 1.29 is 14.7 Å². The molecule has 0 aliphatic carbocycles. The summed E-state index contributed by atoms with van der Waals surface area (Å²) in [6.45, 7) is 1.91. The number of benzene rings is 1. The zero-order valence-electron chi connectivity index (χ0n) is 12.0. The Bertz CT molecular complexity index is 676. The number of aliphatic carboxylic acids is 1. The van der Waals surface area contributed by atoms with Gasteiger partial charge in [0.2, 0.25) is 0 Å². The van der Waals surface area contributed by atoms with Crippen LogP contribution in [-0.2, 0) is 11.2 Å². The maximum Gasteiger partial charge on any atom is 0.303 e. The van der Waals surface area contributed by atoms with E-state index in [2.05, 4.69) is 5.32 Å². The summed E-state index contributed by atoms with van der Waals surface area (Å²) in [6, 6.07) is 7.73. The average Bonchev–Trinajstić information content (AvgIpc) is 2.93. The number of nitrogens with one attached hydrogen (secondary N) is 1. The van der Waals surface area contributed by atoms with Crippen molar-refractivity contribution in [2.45, 2.75) is 19.8 Å². The van der Waals surface area contributed by atoms with Crippen LogP contribution in [0.3, 0.4) is 0 Å². The van der Waals surface area contributed by atoms with Crippen LogP contribution in [0.25, 0.3) is 11.1 Å². The Morgan fingerprint density at radius 1 is 1.24 bits per heavy atom. The van der Waals surface area contributed by atoms with Gasteiger partial charge in [-0.3, -0.25) is 9.59 Å². The second kappa shape index (κ2) is 6.54. The molecule has 0 radical (unpaired) electrons. The zero-order chi connectivity index (χ0) is 15.4. The first-order valence-corrected chi connectivity index (χ1v) is 7.51. The topological polar surface area (TPSA) is 66.4 Å². The van der Waals surface area contributed by atoms with Gasteiger partial charge in [0.15, 0.2) is 0 Å². The summed E-state index contributed by atoms with van der Waals surface area (Å²) in [6.07, 6.45) is 0.698. The van der Waals surface area contributed by atoms with Crippen LogP contribution in [0.4, 0.5) is 0 Å². The molecule has 1 heterocycles. The summed E-state index contributed by atoms with van der Waals surface area (Å²) in [4.78, 5) is 23.3. The molecule has 2 aromatic rings. The highest BCUT2D eigenvalue weighted by Gasteiger charge is 2.10. The highest BCUT2D eigenvalue weighted by Crippen LogP contribution is 2.28. The van der Waals surface area contributed by atoms with Crippen molar-refractivity contribution in [3.05, 3.63) is 45.6 Å². The third-order valence-corrected chi connectivity index (χ3v) is 4.27. The third kappa shape index (κ3) is 3.70. The van der Waals surface area contributed by atoms with Crippen LogP contribution in [0.2, 0.25) is 0 Å². The average molecular weight is 303 g/mol. The Balaban J connectivity index is 2.21. The van der Waals surface area contributed by atoms with Crippen LogP contribution < -0.4 is 5.32 Å². The van der Waals surface area contributed by atoms with Gasteiger partial charge in [-0.15, -0.1) is 11.3 Å². The van der Waals surface area contributed by atoms with Gasteiger partial charge in [-0.1, -0.05) is 12.1 Å². The molecule has 0 saturated carbocycles. The lowest BCUT2D eigenvalue weighted by molar-refractivity contribution is -0.136. The molecule has 110 valence electrons. The molecule has 2 rings (SSSR count). The number of hydrogen-bond donors (Lipinski definition) is 2. The van der Waals surface area contributed by atoms with E-state index < -0.39 is 5.97 Å². The minimum atomic E-state index is -0.782. The van der Waals surface area contributed by atoms with Crippen LogP contribution in [-0.4, -0.2) is 24.0 Å². The van der Waals surface area contributed by atoms with E-state index >= 15 is 0 Å². The Morgan fingerprint density at radius 3 is 2.62 bits per heavy atom. The fourth-order valence-electron chi connectivity index (χ4n) is 2.13. The molecule has 1 aromatic heterocycles. The van der Waals surface area contributed by atoms with Crippen molar-refractivity contribution in [1.82, 2.24) is 5.32 Å². The van der Waals surface area contributed by atoms with E-state index in [-0.39, 0.29) is 12.3 Å². The smallest absolute Gasteiger partial charge is 0.303 e. The Morgan fingerprint density at radius 2 is 2.00 bits per heavy atom. The van der Waals surface area contributed by atoms with Gasteiger partial charge < -0.3 is 10.4 Å². The molecular formula is C16H17NO3S. The quantitative estimate of drug-likeness (QED) is 0.892. The van der Waals surface area contributed by atoms with Gasteiger partial charge >= 0.3 is 5.97 Å². The maximum absolute atomic E-state index is 11.7. The van der Waals surface area contributed by atoms with Gasteiger partial charge in [-0.2, -0.15) is 0 Å². The normalized spacial score (nSPS) is 10.4. The molecule has 4 nitrogen and oxygen atoms in total. The minimum absolute atomic E-state index is 0.0912. The van der Waals surface area contributed by atoms with Crippen molar-refractivity contribution in [1.29, 1.82) is 0 Å². The van der Waals surface area contributed by atoms with Crippen molar-refractivity contribution in [3.8, 4) is 11.1 Å². The van der Waals surface area contributed by atoms with Gasteiger partial charge in [0.25, 0.3) is 5.91 Å². The fourth-order valence-corrected chi connectivity index (χ4v) is 3.02. The Hall–Kier alpha value is -2.14. The number of amides is 1. The molecule has 2 N–H and O–H groups in total. The summed E-state index contributed by atoms with van der Waals surface area (Å²) in [5.41, 5.74) is 3.69. The fraction of sp³-hybridized carbons (Fsp3) is 0.250. The van der Waals surface area contributed by atoms with E-state index in [1.807, 2.05) is 36.6 Å². The number of thiophene rings is 1. The van der Waals surface area contributed by atoms with Gasteiger partial charge in [-0.25, -0.2) is 0 Å². The van der Waals surface area contributed by atoms with Crippen molar-refractivity contribution in [2.24, 2.45) is 0 Å². The highest BCUT2D eigenvalue weighted by molar-refractivity contribution is 7.10. The van der Waals surface area contributed by atoms with E-state index in [9.17, 15) is 9.59 Å². The molecule has 0 saturated heterocycles. The first kappa shape index (κ1) is 15.3. The second-order valence-electron chi connectivity index (χ2n) is 4.80. The number of rotatable bonds is 5. The molecule has 5 heteroatoms. The summed E-state index contributed by atoms with van der Waals surface area (Å²) >= 11 is 1.56. The second-order valence-corrected chi connectivity index (χ2v) is 5.80. The van der Waals surface area contributed by atoms with Crippen LogP contribution in [0.15, 0.2) is 29.6 Å². The molecule has 0 spiro atoms. The van der Waals surface area contributed by atoms with Crippen molar-refractivity contribution in [3.63, 3.8) is 0 Å². The molecule has 0 unspecified atom stereocenters. The molecule has 0 fully saturated rings. The number of carbonyl (C=O) groups is 2. The van der Waals surface area contributed by atoms with E-state index in [1.165, 1.54) is 0 Å². The number of carboxylic acid groups (broad SMARTS) is 1. The van der Waals surface area contributed by atoms with Gasteiger partial charge in [0, 0.05) is 17.5 Å². The first-order chi connectivity index (χ1) is 10.0. The molecule has 0 atom stereocenters. The number of aryl methyl sites for hydroxylation is 2. The summed E-state index contributed by atoms with van der Waals surface area (Å²) in [7, 11) is 1.61. The number of carbonyl (C=O) groups excluding carboxylic acids is 1. The van der Waals surface area contributed by atoms with E-state index in [4.69, 9.17) is 5.11 Å². The summed E-state index contributed by atoms with van der Waals surface area (Å²) in [5.74, 6) is -0.873. The van der Waals surface area contributed by atoms with Gasteiger partial charge in [0.05, 0.1) is 6.42 Å². The lowest BCUT2D eigenvalue weighted by Gasteiger charge is -2.06. The lowest BCUT2D eigenvalue weighted by atomic mass is 10.0. The van der Waals surface area contributed by atoms with Crippen LogP contribution in [0.5, 0.6) is 0 Å². The predicted octanol–water partition coefficient (Wildman–Crippen LogP) is 3.10. The first-order valence-electron chi connectivity index (χ1n) is 6.63. The number of hydrogen-bond acceptors (Lipinski definition) is 3. The van der Waals surface area contributed by atoms with Crippen molar-refractivity contribution >= 4 is 23.2 Å². The molecular weight excluding hydrogens is 286 g/mol. The molecule has 0 aliphatic heterocycles. The van der Waals surface area contributed by atoms with Crippen LogP contribution >= 0.6 is 11.3 Å². The molecule has 0 bridgehead atoms. The highest BCUT2D eigenvalue weighted by atomic mass is 32.1. The summed E-state index contributed by atoms with van der Waals surface area (Å²) in [5, 5.41) is 13.3. The SMILES string of the molecule is CNC(=O)c1ccc(-c2csc(CCC(=O)O)c2)cc1C. The monoisotopic (exact) mass is 303 g/mol. The molecule has 0 aliphatic rings. The van der Waals surface area contributed by atoms with Crippen molar-refractivity contribution in [2.75, 3.05) is 7.05 Å². The third-order valence-electron chi connectivity index (χ3n) is 3.27. The van der Waals surface area contributed by atoms with Crippen LogP contribution in [0, 0.1) is 6.92 Å². The Labute approximate surface area is 127 Å². The minimum Gasteiger partial charge on any atom is -0.481 e. The van der Waals surface area contributed by atoms with E-state index in [0.717, 1.165) is 21.6 Å². The van der Waals surface area contributed by atoms with Crippen LogP contribution in [0.1, 0.15) is 27.2 Å². The number of carboxylic acids is 1. The zero-order valence-corrected chi connectivity index (χ0v) is 12.8. The van der Waals surface area contributed by atoms with Gasteiger partial charge in [-0.05, 0) is 47.5 Å². The largest absolute Gasteiger partial charge is 0.481 e. The lowest BCUT2D eigenvalue weighted by Crippen LogP contribution is -2.18. The van der Waals surface area contributed by atoms with E-state index in [0.29, 0.717) is 12.0 Å². The van der Waals surface area contributed by atoms with Gasteiger partial charge in [0.1, 0.15) is 0 Å². The maximum atomic E-state index is 11.7. The molecule has 1 amide bonds.